The SMILES string of the molecule is Cc1ccc(CNC(=O)c2nonc2C)cc1. The third kappa shape index (κ3) is 2.69. The second kappa shape index (κ2) is 4.78. The van der Waals surface area contributed by atoms with Gasteiger partial charge in [0.15, 0.2) is 5.69 Å². The van der Waals surface area contributed by atoms with E-state index in [-0.39, 0.29) is 11.6 Å². The molecule has 0 aliphatic rings. The van der Waals surface area contributed by atoms with E-state index in [2.05, 4.69) is 20.3 Å². The van der Waals surface area contributed by atoms with Gasteiger partial charge in [0.2, 0.25) is 0 Å². The molecule has 1 amide bonds. The summed E-state index contributed by atoms with van der Waals surface area (Å²) < 4.78 is 4.47. The molecule has 0 aliphatic heterocycles. The lowest BCUT2D eigenvalue weighted by Gasteiger charge is -2.03. The van der Waals surface area contributed by atoms with Crippen LogP contribution in [0.5, 0.6) is 0 Å². The Bertz CT molecular complexity index is 517. The van der Waals surface area contributed by atoms with E-state index in [1.165, 1.54) is 5.56 Å². The maximum atomic E-state index is 11.7. The highest BCUT2D eigenvalue weighted by molar-refractivity contribution is 5.92. The fourth-order valence-corrected chi connectivity index (χ4v) is 1.41. The van der Waals surface area contributed by atoms with E-state index in [0.717, 1.165) is 5.56 Å². The highest BCUT2D eigenvalue weighted by Crippen LogP contribution is 2.04. The first-order valence-electron chi connectivity index (χ1n) is 5.29. The lowest BCUT2D eigenvalue weighted by molar-refractivity contribution is 0.0940. The molecule has 88 valence electrons. The van der Waals surface area contributed by atoms with Crippen molar-refractivity contribution in [1.82, 2.24) is 15.6 Å². The molecule has 1 aromatic carbocycles. The summed E-state index contributed by atoms with van der Waals surface area (Å²) in [5.41, 5.74) is 2.96. The number of aryl methyl sites for hydroxylation is 2. The van der Waals surface area contributed by atoms with Gasteiger partial charge >= 0.3 is 0 Å². The molecule has 0 atom stereocenters. The van der Waals surface area contributed by atoms with Crippen LogP contribution in [0.4, 0.5) is 0 Å². The van der Waals surface area contributed by atoms with Crippen LogP contribution in [0, 0.1) is 13.8 Å². The van der Waals surface area contributed by atoms with Gasteiger partial charge in [-0.05, 0) is 24.6 Å². The van der Waals surface area contributed by atoms with Gasteiger partial charge in [-0.1, -0.05) is 35.0 Å². The molecule has 0 saturated carbocycles. The molecule has 0 spiro atoms. The highest BCUT2D eigenvalue weighted by Gasteiger charge is 2.14. The first kappa shape index (κ1) is 11.3. The zero-order chi connectivity index (χ0) is 12.3. The molecule has 0 aliphatic carbocycles. The molecule has 2 aromatic rings. The van der Waals surface area contributed by atoms with Crippen LogP contribution in [0.3, 0.4) is 0 Å². The number of hydrogen-bond acceptors (Lipinski definition) is 4. The number of carbonyl (C=O) groups excluding carboxylic acids is 1. The predicted octanol–water partition coefficient (Wildman–Crippen LogP) is 1.62. The minimum atomic E-state index is -0.274. The van der Waals surface area contributed by atoms with Crippen LogP contribution in [0.1, 0.15) is 27.3 Å². The topological polar surface area (TPSA) is 68.0 Å². The van der Waals surface area contributed by atoms with Crippen molar-refractivity contribution in [2.45, 2.75) is 20.4 Å². The third-order valence-electron chi connectivity index (χ3n) is 2.44. The second-order valence-electron chi connectivity index (χ2n) is 3.87. The lowest BCUT2D eigenvalue weighted by Crippen LogP contribution is -2.23. The van der Waals surface area contributed by atoms with E-state index < -0.39 is 0 Å². The fourth-order valence-electron chi connectivity index (χ4n) is 1.41. The number of nitrogens with zero attached hydrogens (tertiary/aromatic N) is 2. The van der Waals surface area contributed by atoms with Crippen molar-refractivity contribution in [3.63, 3.8) is 0 Å². The van der Waals surface area contributed by atoms with Crippen LogP contribution in [0.25, 0.3) is 0 Å². The second-order valence-corrected chi connectivity index (χ2v) is 3.87. The smallest absolute Gasteiger partial charge is 0.275 e. The summed E-state index contributed by atoms with van der Waals surface area (Å²) >= 11 is 0. The zero-order valence-corrected chi connectivity index (χ0v) is 9.73. The van der Waals surface area contributed by atoms with E-state index in [4.69, 9.17) is 0 Å². The van der Waals surface area contributed by atoms with E-state index in [1.54, 1.807) is 6.92 Å². The van der Waals surface area contributed by atoms with Gasteiger partial charge in [0, 0.05) is 6.54 Å². The van der Waals surface area contributed by atoms with Gasteiger partial charge in [0.05, 0.1) is 0 Å². The Labute approximate surface area is 98.8 Å². The summed E-state index contributed by atoms with van der Waals surface area (Å²) in [5.74, 6) is -0.274. The van der Waals surface area contributed by atoms with Gasteiger partial charge < -0.3 is 5.32 Å². The van der Waals surface area contributed by atoms with Crippen LogP contribution in [0.2, 0.25) is 0 Å². The van der Waals surface area contributed by atoms with Crippen LogP contribution in [-0.2, 0) is 6.54 Å². The first-order valence-corrected chi connectivity index (χ1v) is 5.29. The number of hydrogen-bond donors (Lipinski definition) is 1. The average molecular weight is 231 g/mol. The lowest BCUT2D eigenvalue weighted by atomic mass is 10.1. The number of rotatable bonds is 3. The molecule has 1 aromatic heterocycles. The minimum Gasteiger partial charge on any atom is -0.346 e. The molecule has 0 radical (unpaired) electrons. The normalized spacial score (nSPS) is 10.2. The van der Waals surface area contributed by atoms with Crippen LogP contribution in [0.15, 0.2) is 28.9 Å². The predicted molar refractivity (Wildman–Crippen MR) is 61.4 cm³/mol. The molecular formula is C12H13N3O2. The van der Waals surface area contributed by atoms with Gasteiger partial charge in [-0.2, -0.15) is 0 Å². The molecule has 1 heterocycles. The molecule has 0 fully saturated rings. The van der Waals surface area contributed by atoms with Crippen molar-refractivity contribution in [3.8, 4) is 0 Å². The minimum absolute atomic E-state index is 0.233. The summed E-state index contributed by atoms with van der Waals surface area (Å²) in [6.07, 6.45) is 0. The molecular weight excluding hydrogens is 218 g/mol. The average Bonchev–Trinajstić information content (AvgIpc) is 2.74. The van der Waals surface area contributed by atoms with Crippen molar-refractivity contribution in [3.05, 3.63) is 46.8 Å². The maximum absolute atomic E-state index is 11.7. The number of carbonyl (C=O) groups is 1. The number of benzene rings is 1. The first-order chi connectivity index (χ1) is 8.16. The summed E-state index contributed by atoms with van der Waals surface area (Å²) in [4.78, 5) is 11.7. The molecule has 17 heavy (non-hydrogen) atoms. The number of aromatic nitrogens is 2. The molecule has 5 nitrogen and oxygen atoms in total. The monoisotopic (exact) mass is 231 g/mol. The summed E-state index contributed by atoms with van der Waals surface area (Å²) in [5, 5.41) is 9.86. The Kier molecular flexibility index (Phi) is 3.18. The van der Waals surface area contributed by atoms with Crippen molar-refractivity contribution in [2.24, 2.45) is 0 Å². The Balaban J connectivity index is 1.97. The number of amides is 1. The van der Waals surface area contributed by atoms with Crippen molar-refractivity contribution in [2.75, 3.05) is 0 Å². The Morgan fingerprint density at radius 2 is 1.94 bits per heavy atom. The highest BCUT2D eigenvalue weighted by atomic mass is 16.6. The summed E-state index contributed by atoms with van der Waals surface area (Å²) in [6, 6.07) is 7.96. The molecule has 2 rings (SSSR count). The summed E-state index contributed by atoms with van der Waals surface area (Å²) in [7, 11) is 0. The Morgan fingerprint density at radius 3 is 2.53 bits per heavy atom. The zero-order valence-electron chi connectivity index (χ0n) is 9.73. The van der Waals surface area contributed by atoms with Gasteiger partial charge in [0.1, 0.15) is 5.69 Å². The number of nitrogens with one attached hydrogen (secondary N) is 1. The van der Waals surface area contributed by atoms with Gasteiger partial charge in [-0.25, -0.2) is 4.63 Å². The molecule has 1 N–H and O–H groups in total. The van der Waals surface area contributed by atoms with Gasteiger partial charge in [-0.15, -0.1) is 0 Å². The van der Waals surface area contributed by atoms with Gasteiger partial charge in [-0.3, -0.25) is 4.79 Å². The van der Waals surface area contributed by atoms with Crippen molar-refractivity contribution >= 4 is 5.91 Å². The van der Waals surface area contributed by atoms with E-state index >= 15 is 0 Å². The molecule has 0 unspecified atom stereocenters. The third-order valence-corrected chi connectivity index (χ3v) is 2.44. The van der Waals surface area contributed by atoms with E-state index in [0.29, 0.717) is 12.2 Å². The quantitative estimate of drug-likeness (QED) is 0.871. The Morgan fingerprint density at radius 1 is 1.24 bits per heavy atom. The molecule has 0 bridgehead atoms. The fraction of sp³-hybridized carbons (Fsp3) is 0.250. The van der Waals surface area contributed by atoms with Crippen LogP contribution < -0.4 is 5.32 Å². The standard InChI is InChI=1S/C12H13N3O2/c1-8-3-5-10(6-4-8)7-13-12(16)11-9(2)14-17-15-11/h3-6H,7H2,1-2H3,(H,13,16). The van der Waals surface area contributed by atoms with Crippen LogP contribution in [-0.4, -0.2) is 16.2 Å². The van der Waals surface area contributed by atoms with E-state index in [1.807, 2.05) is 31.2 Å². The molecule has 5 heteroatoms. The van der Waals surface area contributed by atoms with Crippen molar-refractivity contribution in [1.29, 1.82) is 0 Å². The van der Waals surface area contributed by atoms with Crippen LogP contribution >= 0.6 is 0 Å². The van der Waals surface area contributed by atoms with Gasteiger partial charge in [0.25, 0.3) is 5.91 Å². The summed E-state index contributed by atoms with van der Waals surface area (Å²) in [6.45, 7) is 4.16. The maximum Gasteiger partial charge on any atom is 0.275 e. The Hall–Kier alpha value is -2.17. The molecule has 0 saturated heterocycles. The van der Waals surface area contributed by atoms with Crippen molar-refractivity contribution < 1.29 is 9.42 Å². The van der Waals surface area contributed by atoms with E-state index in [9.17, 15) is 4.79 Å². The largest absolute Gasteiger partial charge is 0.346 e.